The van der Waals surface area contributed by atoms with Crippen LogP contribution in [-0.2, 0) is 0 Å². The molecule has 52 valence electrons. The van der Waals surface area contributed by atoms with Gasteiger partial charge in [-0.15, -0.1) is 0 Å². The molecular weight excluding hydrogens is 125 g/mol. The van der Waals surface area contributed by atoms with Crippen LogP contribution < -0.4 is 10.2 Å². The van der Waals surface area contributed by atoms with Crippen LogP contribution in [0.4, 0.5) is 0 Å². The quantitative estimate of drug-likeness (QED) is 0.491. The maximum Gasteiger partial charge on any atom is 0.213 e. The smallest absolute Gasteiger partial charge is 0.213 e. The second-order valence-corrected chi connectivity index (χ2v) is 2.31. The summed E-state index contributed by atoms with van der Waals surface area (Å²) >= 11 is 0. The van der Waals surface area contributed by atoms with Crippen LogP contribution in [-0.4, -0.2) is 19.9 Å². The largest absolute Gasteiger partial charge is 0.481 e. The van der Waals surface area contributed by atoms with Crippen molar-refractivity contribution >= 4 is 13.3 Å². The van der Waals surface area contributed by atoms with Crippen LogP contribution in [0.15, 0.2) is 12.3 Å². The Morgan fingerprint density at radius 3 is 2.80 bits per heavy atom. The molecule has 10 heavy (non-hydrogen) atoms. The third-order valence-electron chi connectivity index (χ3n) is 1.56. The summed E-state index contributed by atoms with van der Waals surface area (Å²) in [5, 5.41) is 0. The Morgan fingerprint density at radius 1 is 1.60 bits per heavy atom. The van der Waals surface area contributed by atoms with Crippen molar-refractivity contribution in [3.8, 4) is 5.88 Å². The molecule has 0 amide bonds. The highest BCUT2D eigenvalue weighted by molar-refractivity contribution is 6.33. The van der Waals surface area contributed by atoms with Crippen LogP contribution in [0.5, 0.6) is 5.88 Å². The van der Waals surface area contributed by atoms with E-state index in [0.717, 1.165) is 0 Å². The predicted molar refractivity (Wildman–Crippen MR) is 43.7 cm³/mol. The summed E-state index contributed by atoms with van der Waals surface area (Å²) < 4.78 is 4.94. The normalized spacial score (nSPS) is 9.40. The second-order valence-electron chi connectivity index (χ2n) is 2.31. The third-order valence-corrected chi connectivity index (χ3v) is 1.56. The summed E-state index contributed by atoms with van der Waals surface area (Å²) in [6, 6.07) is 1.93. The number of ether oxygens (including phenoxy) is 1. The number of nitrogens with zero attached hydrogens (tertiary/aromatic N) is 1. The van der Waals surface area contributed by atoms with Gasteiger partial charge in [-0.05, 0) is 6.92 Å². The molecule has 0 bridgehead atoms. The van der Waals surface area contributed by atoms with E-state index in [-0.39, 0.29) is 0 Å². The molecule has 2 nitrogen and oxygen atoms in total. The number of hydrogen-bond donors (Lipinski definition) is 0. The topological polar surface area (TPSA) is 22.1 Å². The number of aryl methyl sites for hydroxylation is 1. The fraction of sp³-hybridized carbons (Fsp3) is 0.286. The Balaban J connectivity index is 3.04. The molecule has 0 saturated carbocycles. The van der Waals surface area contributed by atoms with Crippen molar-refractivity contribution in [3.05, 3.63) is 17.8 Å². The lowest BCUT2D eigenvalue weighted by Gasteiger charge is -2.01. The molecule has 0 aromatic carbocycles. The molecule has 0 saturated heterocycles. The first kappa shape index (κ1) is 7.13. The van der Waals surface area contributed by atoms with E-state index in [9.17, 15) is 0 Å². The fourth-order valence-corrected chi connectivity index (χ4v) is 0.710. The van der Waals surface area contributed by atoms with Gasteiger partial charge in [0, 0.05) is 12.3 Å². The van der Waals surface area contributed by atoms with Crippen LogP contribution >= 0.6 is 0 Å². The van der Waals surface area contributed by atoms with Crippen LogP contribution in [0.1, 0.15) is 5.56 Å². The zero-order valence-corrected chi connectivity index (χ0v) is 6.51. The van der Waals surface area contributed by atoms with Crippen molar-refractivity contribution in [2.75, 3.05) is 7.11 Å². The molecule has 0 aliphatic rings. The molecule has 1 heterocycles. The summed E-state index contributed by atoms with van der Waals surface area (Å²) in [5.41, 5.74) is 2.41. The second kappa shape index (κ2) is 2.73. The van der Waals surface area contributed by atoms with E-state index in [1.165, 1.54) is 11.0 Å². The van der Waals surface area contributed by atoms with Gasteiger partial charge in [0.2, 0.25) is 5.88 Å². The molecule has 0 aliphatic carbocycles. The SMILES string of the molecule is Bc1cnc(OC)cc1C. The van der Waals surface area contributed by atoms with E-state index in [1.807, 2.05) is 27.0 Å². The van der Waals surface area contributed by atoms with Crippen LogP contribution in [0.25, 0.3) is 0 Å². The van der Waals surface area contributed by atoms with Crippen molar-refractivity contribution in [1.82, 2.24) is 4.98 Å². The Bertz CT molecular complexity index is 237. The summed E-state index contributed by atoms with van der Waals surface area (Å²) in [5.74, 6) is 0.683. The monoisotopic (exact) mass is 135 g/mol. The molecule has 0 atom stereocenters. The van der Waals surface area contributed by atoms with E-state index in [2.05, 4.69) is 4.98 Å². The molecule has 0 radical (unpaired) electrons. The molecule has 1 aromatic rings. The molecule has 1 aromatic heterocycles. The molecule has 0 unspecified atom stereocenters. The van der Waals surface area contributed by atoms with E-state index in [1.54, 1.807) is 7.11 Å². The van der Waals surface area contributed by atoms with E-state index in [0.29, 0.717) is 5.88 Å². The lowest BCUT2D eigenvalue weighted by atomic mass is 9.94. The van der Waals surface area contributed by atoms with Gasteiger partial charge in [-0.25, -0.2) is 4.98 Å². The number of methoxy groups -OCH3 is 1. The maximum absolute atomic E-state index is 4.94. The molecule has 3 heteroatoms. The van der Waals surface area contributed by atoms with Gasteiger partial charge in [-0.1, -0.05) is 11.0 Å². The average Bonchev–Trinajstić information content (AvgIpc) is 1.95. The van der Waals surface area contributed by atoms with Gasteiger partial charge < -0.3 is 4.74 Å². The van der Waals surface area contributed by atoms with Crippen molar-refractivity contribution in [3.63, 3.8) is 0 Å². The molecular formula is C7H10BNO. The van der Waals surface area contributed by atoms with Crippen LogP contribution in [0, 0.1) is 6.92 Å². The van der Waals surface area contributed by atoms with Crippen molar-refractivity contribution < 1.29 is 4.74 Å². The van der Waals surface area contributed by atoms with Crippen molar-refractivity contribution in [1.29, 1.82) is 0 Å². The number of aromatic nitrogens is 1. The number of rotatable bonds is 1. The summed E-state index contributed by atoms with van der Waals surface area (Å²) in [4.78, 5) is 4.04. The van der Waals surface area contributed by atoms with E-state index in [4.69, 9.17) is 4.74 Å². The van der Waals surface area contributed by atoms with Crippen LogP contribution in [0.2, 0.25) is 0 Å². The minimum Gasteiger partial charge on any atom is -0.481 e. The lowest BCUT2D eigenvalue weighted by molar-refractivity contribution is 0.398. The van der Waals surface area contributed by atoms with Gasteiger partial charge in [0.1, 0.15) is 7.85 Å². The van der Waals surface area contributed by atoms with Gasteiger partial charge in [0.15, 0.2) is 0 Å². The summed E-state index contributed by atoms with van der Waals surface area (Å²) in [6.07, 6.45) is 1.81. The highest BCUT2D eigenvalue weighted by Gasteiger charge is 1.94. The van der Waals surface area contributed by atoms with Crippen LogP contribution in [0.3, 0.4) is 0 Å². The lowest BCUT2D eigenvalue weighted by Crippen LogP contribution is -2.08. The molecule has 1 rings (SSSR count). The Morgan fingerprint density at radius 2 is 2.30 bits per heavy atom. The molecule has 0 aliphatic heterocycles. The first-order chi connectivity index (χ1) is 4.74. The zero-order valence-electron chi connectivity index (χ0n) is 6.51. The zero-order chi connectivity index (χ0) is 7.56. The molecule has 0 N–H and O–H groups in total. The average molecular weight is 135 g/mol. The van der Waals surface area contributed by atoms with Gasteiger partial charge in [0.05, 0.1) is 7.11 Å². The maximum atomic E-state index is 4.94. The van der Waals surface area contributed by atoms with Gasteiger partial charge in [-0.2, -0.15) is 0 Å². The van der Waals surface area contributed by atoms with Gasteiger partial charge >= 0.3 is 0 Å². The predicted octanol–water partition coefficient (Wildman–Crippen LogP) is -0.343. The minimum atomic E-state index is 0.683. The molecule has 0 spiro atoms. The van der Waals surface area contributed by atoms with Crippen molar-refractivity contribution in [2.24, 2.45) is 0 Å². The third kappa shape index (κ3) is 1.29. The Kier molecular flexibility index (Phi) is 1.95. The fourth-order valence-electron chi connectivity index (χ4n) is 0.710. The van der Waals surface area contributed by atoms with E-state index < -0.39 is 0 Å². The standard InChI is InChI=1S/C7H10BNO/c1-5-3-7(10-2)9-4-6(5)8/h3-4H,8H2,1-2H3. The summed E-state index contributed by atoms with van der Waals surface area (Å²) in [7, 11) is 3.65. The first-order valence-corrected chi connectivity index (χ1v) is 3.21. The summed E-state index contributed by atoms with van der Waals surface area (Å²) in [6.45, 7) is 2.04. The Hall–Kier alpha value is -0.985. The van der Waals surface area contributed by atoms with Gasteiger partial charge in [-0.3, -0.25) is 0 Å². The first-order valence-electron chi connectivity index (χ1n) is 3.21. The highest BCUT2D eigenvalue weighted by Crippen LogP contribution is 2.03. The minimum absolute atomic E-state index is 0.683. The Labute approximate surface area is 61.6 Å². The number of pyridine rings is 1. The molecule has 0 fully saturated rings. The van der Waals surface area contributed by atoms with Crippen molar-refractivity contribution in [2.45, 2.75) is 6.92 Å². The highest BCUT2D eigenvalue weighted by atomic mass is 16.5. The van der Waals surface area contributed by atoms with Gasteiger partial charge in [0.25, 0.3) is 0 Å². The van der Waals surface area contributed by atoms with E-state index >= 15 is 0 Å². The number of hydrogen-bond acceptors (Lipinski definition) is 2.